The van der Waals surface area contributed by atoms with Crippen LogP contribution in [0.1, 0.15) is 57.9 Å². The number of allylic oxidation sites excluding steroid dienone is 2. The maximum Gasteiger partial charge on any atom is 0.115 e. The Morgan fingerprint density at radius 1 is 1.35 bits per heavy atom. The van der Waals surface area contributed by atoms with E-state index in [1.54, 1.807) is 6.07 Å². The van der Waals surface area contributed by atoms with E-state index in [1.807, 2.05) is 18.2 Å². The van der Waals surface area contributed by atoms with Crippen molar-refractivity contribution in [3.63, 3.8) is 0 Å². The minimum absolute atomic E-state index is 0.0222. The van der Waals surface area contributed by atoms with Crippen LogP contribution in [-0.4, -0.2) is 11.7 Å². The van der Waals surface area contributed by atoms with Gasteiger partial charge < -0.3 is 10.4 Å². The van der Waals surface area contributed by atoms with E-state index in [1.165, 1.54) is 36.9 Å². The van der Waals surface area contributed by atoms with Crippen LogP contribution >= 0.6 is 0 Å². The molecule has 0 radical (unpaired) electrons. The first-order valence-electron chi connectivity index (χ1n) is 9.02. The second kappa shape index (κ2) is 8.24. The number of phenolic OH excluding ortho intramolecular Hbond substituents is 1. The molecule has 2 atom stereocenters. The summed E-state index contributed by atoms with van der Waals surface area (Å²) >= 11 is 0. The predicted octanol–water partition coefficient (Wildman–Crippen LogP) is 5.30. The van der Waals surface area contributed by atoms with Gasteiger partial charge in [-0.1, -0.05) is 57.4 Å². The summed E-state index contributed by atoms with van der Waals surface area (Å²) in [4.78, 5) is 0. The van der Waals surface area contributed by atoms with E-state index >= 15 is 0 Å². The molecule has 1 heterocycles. The van der Waals surface area contributed by atoms with Crippen LogP contribution < -0.4 is 5.32 Å². The number of hydrogen-bond donors (Lipinski definition) is 2. The number of benzene rings is 1. The Kier molecular flexibility index (Phi) is 6.32. The van der Waals surface area contributed by atoms with Gasteiger partial charge in [-0.25, -0.2) is 0 Å². The standard InChI is InChI=1S/C21H31NO/c1-4-7-13-21(17-11-8-12-20(23)14-17)15-19(10-6-3)22-16-18(21)9-5-2/h6,8,11-12,14-15,18,22-23H,3-5,7,9-10,13,16H2,1-2H3. The molecule has 2 unspecified atom stereocenters. The maximum atomic E-state index is 10.0. The summed E-state index contributed by atoms with van der Waals surface area (Å²) in [6, 6.07) is 7.89. The number of unbranched alkanes of at least 4 members (excludes halogenated alkanes) is 1. The summed E-state index contributed by atoms with van der Waals surface area (Å²) in [7, 11) is 0. The van der Waals surface area contributed by atoms with Crippen LogP contribution in [0.2, 0.25) is 0 Å². The van der Waals surface area contributed by atoms with Gasteiger partial charge in [-0.2, -0.15) is 0 Å². The van der Waals surface area contributed by atoms with Crippen molar-refractivity contribution >= 4 is 0 Å². The molecule has 1 aromatic rings. The van der Waals surface area contributed by atoms with Crippen molar-refractivity contribution in [3.8, 4) is 5.75 Å². The predicted molar refractivity (Wildman–Crippen MR) is 98.6 cm³/mol. The molecule has 0 amide bonds. The molecule has 0 spiro atoms. The molecule has 1 aliphatic heterocycles. The average molecular weight is 313 g/mol. The molecule has 0 aliphatic carbocycles. The van der Waals surface area contributed by atoms with Gasteiger partial charge >= 0.3 is 0 Å². The maximum absolute atomic E-state index is 10.0. The first-order chi connectivity index (χ1) is 11.2. The second-order valence-corrected chi connectivity index (χ2v) is 6.72. The van der Waals surface area contributed by atoms with E-state index in [-0.39, 0.29) is 5.41 Å². The monoisotopic (exact) mass is 313 g/mol. The van der Waals surface area contributed by atoms with Gasteiger partial charge in [0.2, 0.25) is 0 Å². The lowest BCUT2D eigenvalue weighted by atomic mass is 9.64. The Bertz CT molecular complexity index is 549. The fourth-order valence-electron chi connectivity index (χ4n) is 3.92. The molecule has 2 rings (SSSR count). The molecule has 23 heavy (non-hydrogen) atoms. The molecule has 1 aliphatic rings. The molecule has 0 fully saturated rings. The number of nitrogens with one attached hydrogen (secondary N) is 1. The number of rotatable bonds is 8. The van der Waals surface area contributed by atoms with E-state index in [4.69, 9.17) is 0 Å². The topological polar surface area (TPSA) is 32.3 Å². The van der Waals surface area contributed by atoms with Crippen molar-refractivity contribution in [2.75, 3.05) is 6.54 Å². The zero-order valence-corrected chi connectivity index (χ0v) is 14.6. The van der Waals surface area contributed by atoms with E-state index in [0.29, 0.717) is 11.7 Å². The fourth-order valence-corrected chi connectivity index (χ4v) is 3.92. The molecular weight excluding hydrogens is 282 g/mol. The van der Waals surface area contributed by atoms with Gasteiger partial charge in [-0.3, -0.25) is 0 Å². The van der Waals surface area contributed by atoms with Crippen molar-refractivity contribution in [1.29, 1.82) is 0 Å². The summed E-state index contributed by atoms with van der Waals surface area (Å²) in [6.07, 6.45) is 11.2. The fraction of sp³-hybridized carbons (Fsp3) is 0.524. The van der Waals surface area contributed by atoms with Gasteiger partial charge in [0.15, 0.2) is 0 Å². The van der Waals surface area contributed by atoms with Crippen molar-refractivity contribution in [1.82, 2.24) is 5.32 Å². The summed E-state index contributed by atoms with van der Waals surface area (Å²) in [5.41, 5.74) is 2.55. The van der Waals surface area contributed by atoms with Crippen molar-refractivity contribution in [3.05, 3.63) is 54.3 Å². The largest absolute Gasteiger partial charge is 0.508 e. The van der Waals surface area contributed by atoms with E-state index in [2.05, 4.69) is 37.9 Å². The summed E-state index contributed by atoms with van der Waals surface area (Å²) in [5, 5.41) is 13.6. The highest BCUT2D eigenvalue weighted by Crippen LogP contribution is 2.44. The van der Waals surface area contributed by atoms with Gasteiger partial charge in [-0.05, 0) is 36.5 Å². The Morgan fingerprint density at radius 2 is 2.17 bits per heavy atom. The van der Waals surface area contributed by atoms with Gasteiger partial charge in [0.1, 0.15) is 5.75 Å². The van der Waals surface area contributed by atoms with E-state index in [0.717, 1.165) is 19.4 Å². The normalized spacial score (nSPS) is 23.9. The van der Waals surface area contributed by atoms with Crippen LogP contribution in [0.3, 0.4) is 0 Å². The molecule has 2 N–H and O–H groups in total. The molecule has 0 saturated carbocycles. The van der Waals surface area contributed by atoms with Crippen LogP contribution in [0.25, 0.3) is 0 Å². The smallest absolute Gasteiger partial charge is 0.115 e. The van der Waals surface area contributed by atoms with E-state index < -0.39 is 0 Å². The van der Waals surface area contributed by atoms with Gasteiger partial charge in [0.25, 0.3) is 0 Å². The van der Waals surface area contributed by atoms with Crippen LogP contribution in [-0.2, 0) is 5.41 Å². The lowest BCUT2D eigenvalue weighted by Crippen LogP contribution is -2.44. The van der Waals surface area contributed by atoms with Crippen LogP contribution in [0, 0.1) is 5.92 Å². The highest BCUT2D eigenvalue weighted by Gasteiger charge is 2.40. The van der Waals surface area contributed by atoms with Gasteiger partial charge in [-0.15, -0.1) is 6.58 Å². The molecule has 2 nitrogen and oxygen atoms in total. The zero-order chi connectivity index (χ0) is 16.7. The number of aromatic hydroxyl groups is 1. The van der Waals surface area contributed by atoms with Crippen LogP contribution in [0.4, 0.5) is 0 Å². The number of phenols is 1. The van der Waals surface area contributed by atoms with Gasteiger partial charge in [0.05, 0.1) is 0 Å². The highest BCUT2D eigenvalue weighted by atomic mass is 16.3. The van der Waals surface area contributed by atoms with Crippen molar-refractivity contribution < 1.29 is 5.11 Å². The summed E-state index contributed by atoms with van der Waals surface area (Å²) in [6.45, 7) is 9.40. The lowest BCUT2D eigenvalue weighted by Gasteiger charge is -2.44. The Labute approximate surface area is 141 Å². The number of hydrogen-bond acceptors (Lipinski definition) is 2. The van der Waals surface area contributed by atoms with Crippen molar-refractivity contribution in [2.45, 2.75) is 57.8 Å². The molecule has 0 bridgehead atoms. The van der Waals surface area contributed by atoms with Crippen LogP contribution in [0.15, 0.2) is 48.7 Å². The highest BCUT2D eigenvalue weighted by molar-refractivity contribution is 5.40. The zero-order valence-electron chi connectivity index (χ0n) is 14.6. The molecular formula is C21H31NO. The second-order valence-electron chi connectivity index (χ2n) is 6.72. The van der Waals surface area contributed by atoms with Crippen molar-refractivity contribution in [2.24, 2.45) is 5.92 Å². The molecule has 0 saturated heterocycles. The Balaban J connectivity index is 2.52. The Hall–Kier alpha value is -1.70. The summed E-state index contributed by atoms with van der Waals surface area (Å²) in [5.74, 6) is 0.931. The summed E-state index contributed by atoms with van der Waals surface area (Å²) < 4.78 is 0. The molecule has 1 aromatic carbocycles. The average Bonchev–Trinajstić information content (AvgIpc) is 2.55. The third-order valence-corrected chi connectivity index (χ3v) is 5.06. The first-order valence-corrected chi connectivity index (χ1v) is 9.02. The van der Waals surface area contributed by atoms with Gasteiger partial charge in [0, 0.05) is 24.1 Å². The SMILES string of the molecule is C=CCC1=CC(CCCC)(c2cccc(O)c2)C(CCC)CN1. The molecule has 126 valence electrons. The van der Waals surface area contributed by atoms with Crippen LogP contribution in [0.5, 0.6) is 5.75 Å². The minimum Gasteiger partial charge on any atom is -0.508 e. The van der Waals surface area contributed by atoms with E-state index in [9.17, 15) is 5.11 Å². The third-order valence-electron chi connectivity index (χ3n) is 5.06. The third kappa shape index (κ3) is 3.99. The molecule has 0 aromatic heterocycles. The Morgan fingerprint density at radius 3 is 2.83 bits per heavy atom. The quantitative estimate of drug-likeness (QED) is 0.638. The molecule has 2 heteroatoms. The first kappa shape index (κ1) is 17.7. The lowest BCUT2D eigenvalue weighted by molar-refractivity contribution is 0.259. The minimum atomic E-state index is 0.0222.